The van der Waals surface area contributed by atoms with Crippen molar-refractivity contribution in [2.45, 2.75) is 20.1 Å². The molecule has 0 radical (unpaired) electrons. The summed E-state index contributed by atoms with van der Waals surface area (Å²) in [5.74, 6) is 0.227. The van der Waals surface area contributed by atoms with E-state index < -0.39 is 0 Å². The van der Waals surface area contributed by atoms with Gasteiger partial charge in [0.25, 0.3) is 0 Å². The summed E-state index contributed by atoms with van der Waals surface area (Å²) < 4.78 is 8.29. The summed E-state index contributed by atoms with van der Waals surface area (Å²) >= 11 is 3.48. The first kappa shape index (κ1) is 14.9. The van der Waals surface area contributed by atoms with E-state index >= 15 is 0 Å². The number of hydrogen-bond donors (Lipinski definition) is 1. The maximum atomic E-state index is 5.71. The molecule has 0 spiro atoms. The Labute approximate surface area is 136 Å². The van der Waals surface area contributed by atoms with Gasteiger partial charge in [-0.2, -0.15) is 10.1 Å². The van der Waals surface area contributed by atoms with Crippen molar-refractivity contribution in [3.63, 3.8) is 0 Å². The van der Waals surface area contributed by atoms with Crippen LogP contribution in [-0.2, 0) is 11.5 Å². The molecule has 7 heteroatoms. The van der Waals surface area contributed by atoms with Gasteiger partial charge in [0.2, 0.25) is 5.95 Å². The molecule has 0 fully saturated rings. The van der Waals surface area contributed by atoms with Gasteiger partial charge in [0.15, 0.2) is 5.65 Å². The minimum atomic E-state index is 0.227. The lowest BCUT2D eigenvalue weighted by Gasteiger charge is -2.03. The maximum Gasteiger partial charge on any atom is 0.222 e. The zero-order chi connectivity index (χ0) is 15.5. The zero-order valence-corrected chi connectivity index (χ0v) is 13.7. The Kier molecular flexibility index (Phi) is 4.35. The van der Waals surface area contributed by atoms with Crippen LogP contribution in [0.25, 0.3) is 22.3 Å². The molecule has 6 nitrogen and oxygen atoms in total. The normalized spacial score (nSPS) is 11.2. The van der Waals surface area contributed by atoms with E-state index in [1.165, 1.54) is 0 Å². The molecule has 3 rings (SSSR count). The molecule has 2 N–H and O–H groups in total. The molecule has 0 saturated heterocycles. The fraction of sp³-hybridized carbons (Fsp3) is 0.267. The topological polar surface area (TPSA) is 78.8 Å². The van der Waals surface area contributed by atoms with Crippen LogP contribution in [0.4, 0.5) is 5.95 Å². The van der Waals surface area contributed by atoms with Gasteiger partial charge in [-0.05, 0) is 18.6 Å². The summed E-state index contributed by atoms with van der Waals surface area (Å²) in [6.45, 7) is 3.08. The molecule has 114 valence electrons. The van der Waals surface area contributed by atoms with Crippen LogP contribution in [0.2, 0.25) is 0 Å². The van der Waals surface area contributed by atoms with Gasteiger partial charge in [-0.25, -0.2) is 9.67 Å². The van der Waals surface area contributed by atoms with Crippen LogP contribution in [0.15, 0.2) is 34.9 Å². The molecule has 3 aromatic rings. The Balaban J connectivity index is 2.10. The van der Waals surface area contributed by atoms with E-state index in [0.717, 1.165) is 27.5 Å². The molecule has 0 aliphatic heterocycles. The monoisotopic (exact) mass is 361 g/mol. The van der Waals surface area contributed by atoms with Gasteiger partial charge in [-0.1, -0.05) is 35.0 Å². The molecule has 0 amide bonds. The average Bonchev–Trinajstić information content (AvgIpc) is 2.86. The molecular formula is C15H16BrN5O. The minimum absolute atomic E-state index is 0.227. The third-order valence-corrected chi connectivity index (χ3v) is 3.66. The second-order valence-electron chi connectivity index (χ2n) is 4.86. The van der Waals surface area contributed by atoms with E-state index in [9.17, 15) is 0 Å². The summed E-state index contributed by atoms with van der Waals surface area (Å²) in [5, 5.41) is 5.48. The Bertz CT molecular complexity index is 802. The van der Waals surface area contributed by atoms with Crippen molar-refractivity contribution in [2.75, 3.05) is 12.3 Å². The summed E-state index contributed by atoms with van der Waals surface area (Å²) in [6.07, 6.45) is 2.66. The summed E-state index contributed by atoms with van der Waals surface area (Å²) in [7, 11) is 0. The van der Waals surface area contributed by atoms with Gasteiger partial charge in [-0.15, -0.1) is 0 Å². The molecule has 0 bridgehead atoms. The number of nitrogens with two attached hydrogens (primary N) is 1. The van der Waals surface area contributed by atoms with Crippen molar-refractivity contribution in [1.82, 2.24) is 19.7 Å². The lowest BCUT2D eigenvalue weighted by atomic mass is 10.1. The highest BCUT2D eigenvalue weighted by atomic mass is 79.9. The van der Waals surface area contributed by atoms with Crippen molar-refractivity contribution < 1.29 is 4.74 Å². The van der Waals surface area contributed by atoms with Crippen LogP contribution in [-0.4, -0.2) is 26.4 Å². The van der Waals surface area contributed by atoms with Crippen LogP contribution in [0, 0.1) is 0 Å². The number of anilines is 1. The SMILES string of the molecule is CCCOCn1nc(-c2cccc(Br)c2)c2cnc(N)nc21. The third kappa shape index (κ3) is 2.95. The lowest BCUT2D eigenvalue weighted by molar-refractivity contribution is 0.0721. The number of ether oxygens (including phenoxy) is 1. The fourth-order valence-electron chi connectivity index (χ4n) is 2.21. The Hall–Kier alpha value is -1.99. The number of halogens is 1. The van der Waals surface area contributed by atoms with Gasteiger partial charge >= 0.3 is 0 Å². The number of fused-ring (bicyclic) bond motifs is 1. The van der Waals surface area contributed by atoms with Gasteiger partial charge in [0.1, 0.15) is 12.4 Å². The van der Waals surface area contributed by atoms with Crippen molar-refractivity contribution in [2.24, 2.45) is 0 Å². The molecule has 2 aromatic heterocycles. The van der Waals surface area contributed by atoms with E-state index in [-0.39, 0.29) is 5.95 Å². The van der Waals surface area contributed by atoms with Gasteiger partial charge in [0, 0.05) is 22.8 Å². The van der Waals surface area contributed by atoms with Gasteiger partial charge in [0.05, 0.1) is 5.39 Å². The van der Waals surface area contributed by atoms with Crippen LogP contribution in [0.5, 0.6) is 0 Å². The Morgan fingerprint density at radius 2 is 2.23 bits per heavy atom. The second kappa shape index (κ2) is 6.41. The van der Waals surface area contributed by atoms with E-state index in [1.54, 1.807) is 10.9 Å². The predicted octanol–water partition coefficient (Wildman–Crippen LogP) is 3.22. The van der Waals surface area contributed by atoms with E-state index in [2.05, 4.69) is 37.9 Å². The van der Waals surface area contributed by atoms with Crippen molar-refractivity contribution in [1.29, 1.82) is 0 Å². The summed E-state index contributed by atoms with van der Waals surface area (Å²) in [5.41, 5.74) is 8.19. The third-order valence-electron chi connectivity index (χ3n) is 3.17. The molecule has 0 aliphatic rings. The molecule has 1 aromatic carbocycles. The standard InChI is InChI=1S/C15H16BrN5O/c1-2-6-22-9-21-14-12(8-18-15(17)19-14)13(20-21)10-4-3-5-11(16)7-10/h3-5,7-8H,2,6,9H2,1H3,(H2,17,18,19). The van der Waals surface area contributed by atoms with E-state index in [0.29, 0.717) is 19.0 Å². The fourth-order valence-corrected chi connectivity index (χ4v) is 2.61. The highest BCUT2D eigenvalue weighted by Crippen LogP contribution is 2.28. The molecule has 2 heterocycles. The number of benzene rings is 1. The van der Waals surface area contributed by atoms with Crippen LogP contribution < -0.4 is 5.73 Å². The molecular weight excluding hydrogens is 346 g/mol. The van der Waals surface area contributed by atoms with Gasteiger partial charge < -0.3 is 10.5 Å². The Morgan fingerprint density at radius 3 is 3.00 bits per heavy atom. The number of rotatable bonds is 5. The highest BCUT2D eigenvalue weighted by Gasteiger charge is 2.14. The van der Waals surface area contributed by atoms with E-state index in [4.69, 9.17) is 10.5 Å². The second-order valence-corrected chi connectivity index (χ2v) is 5.78. The molecule has 22 heavy (non-hydrogen) atoms. The predicted molar refractivity (Wildman–Crippen MR) is 89.1 cm³/mol. The van der Waals surface area contributed by atoms with Crippen LogP contribution in [0.1, 0.15) is 13.3 Å². The summed E-state index contributed by atoms with van der Waals surface area (Å²) in [6, 6.07) is 7.95. The first-order chi connectivity index (χ1) is 10.7. The lowest BCUT2D eigenvalue weighted by Crippen LogP contribution is -2.06. The van der Waals surface area contributed by atoms with Gasteiger partial charge in [-0.3, -0.25) is 0 Å². The maximum absolute atomic E-state index is 5.71. The first-order valence-corrected chi connectivity index (χ1v) is 7.81. The Morgan fingerprint density at radius 1 is 1.36 bits per heavy atom. The number of nitrogens with zero attached hydrogens (tertiary/aromatic N) is 4. The molecule has 0 unspecified atom stereocenters. The first-order valence-electron chi connectivity index (χ1n) is 7.01. The van der Waals surface area contributed by atoms with Crippen LogP contribution >= 0.6 is 15.9 Å². The smallest absolute Gasteiger partial charge is 0.222 e. The quantitative estimate of drug-likeness (QED) is 0.705. The van der Waals surface area contributed by atoms with Crippen molar-refractivity contribution >= 4 is 32.9 Å². The minimum Gasteiger partial charge on any atom is -0.368 e. The number of hydrogen-bond acceptors (Lipinski definition) is 5. The van der Waals surface area contributed by atoms with Crippen LogP contribution in [0.3, 0.4) is 0 Å². The zero-order valence-electron chi connectivity index (χ0n) is 12.2. The van der Waals surface area contributed by atoms with Crippen molar-refractivity contribution in [3.05, 3.63) is 34.9 Å². The number of nitrogen functional groups attached to an aromatic ring is 1. The average molecular weight is 362 g/mol. The summed E-state index contributed by atoms with van der Waals surface area (Å²) in [4.78, 5) is 8.38. The molecule has 0 atom stereocenters. The van der Waals surface area contributed by atoms with Crippen molar-refractivity contribution in [3.8, 4) is 11.3 Å². The molecule has 0 saturated carbocycles. The van der Waals surface area contributed by atoms with E-state index in [1.807, 2.05) is 24.3 Å². The molecule has 0 aliphatic carbocycles. The number of aromatic nitrogens is 4. The largest absolute Gasteiger partial charge is 0.368 e. The highest BCUT2D eigenvalue weighted by molar-refractivity contribution is 9.10.